The Labute approximate surface area is 70.2 Å². The van der Waals surface area contributed by atoms with Crippen molar-refractivity contribution in [1.29, 1.82) is 0 Å². The fourth-order valence-electron chi connectivity index (χ4n) is 0.651. The molecule has 0 saturated carbocycles. The van der Waals surface area contributed by atoms with E-state index in [9.17, 15) is 13.2 Å². The summed E-state index contributed by atoms with van der Waals surface area (Å²) in [5.41, 5.74) is 4.93. The van der Waals surface area contributed by atoms with Crippen LogP contribution >= 0.6 is 0 Å². The van der Waals surface area contributed by atoms with Crippen molar-refractivity contribution in [1.82, 2.24) is 9.78 Å². The van der Waals surface area contributed by atoms with Crippen molar-refractivity contribution in [3.8, 4) is 0 Å². The number of rotatable bonds is 1. The molecule has 13 heavy (non-hydrogen) atoms. The summed E-state index contributed by atoms with van der Waals surface area (Å²) in [6.45, 7) is 0. The van der Waals surface area contributed by atoms with E-state index in [1.165, 1.54) is 0 Å². The van der Waals surface area contributed by atoms with Crippen molar-refractivity contribution < 1.29 is 18.4 Å². The van der Waals surface area contributed by atoms with Crippen LogP contribution < -0.4 is 5.73 Å². The zero-order valence-electron chi connectivity index (χ0n) is 6.15. The van der Waals surface area contributed by atoms with E-state index in [1.54, 1.807) is 0 Å². The third-order valence-corrected chi connectivity index (χ3v) is 1.25. The van der Waals surface area contributed by atoms with Crippen LogP contribution in [0.15, 0.2) is 17.5 Å². The Morgan fingerprint density at radius 1 is 1.62 bits per heavy atom. The molecule has 1 rings (SSSR count). The van der Waals surface area contributed by atoms with Crippen molar-refractivity contribution >= 4 is 5.84 Å². The number of nitrogens with zero attached hydrogens (tertiary/aromatic N) is 3. The Balaban J connectivity index is 3.00. The van der Waals surface area contributed by atoms with Crippen molar-refractivity contribution in [2.45, 2.75) is 6.30 Å². The Morgan fingerprint density at radius 2 is 2.23 bits per heavy atom. The van der Waals surface area contributed by atoms with Crippen LogP contribution in [0.2, 0.25) is 0 Å². The minimum atomic E-state index is -4.59. The highest BCUT2D eigenvalue weighted by Gasteiger charge is 2.31. The molecule has 0 aliphatic carbocycles. The molecule has 0 bridgehead atoms. The van der Waals surface area contributed by atoms with E-state index >= 15 is 0 Å². The highest BCUT2D eigenvalue weighted by atomic mass is 19.4. The third kappa shape index (κ3) is 1.89. The van der Waals surface area contributed by atoms with E-state index in [1.807, 2.05) is 0 Å². The summed E-state index contributed by atoms with van der Waals surface area (Å²) < 4.78 is 35.5. The maximum Gasteiger partial charge on any atom is 0.504 e. The summed E-state index contributed by atoms with van der Waals surface area (Å²) in [4.78, 5) is 0. The van der Waals surface area contributed by atoms with Crippen LogP contribution in [-0.4, -0.2) is 20.8 Å². The maximum atomic E-state index is 11.9. The standard InChI is InChI=1S/C5H5F3N4O/c6-5(7,8)12-2-3(1-10-12)4(9)11-13/h1-2,13H,(H2,9,11). The van der Waals surface area contributed by atoms with Gasteiger partial charge in [-0.1, -0.05) is 5.16 Å². The molecule has 0 aliphatic rings. The van der Waals surface area contributed by atoms with E-state index in [2.05, 4.69) is 10.3 Å². The molecule has 0 aromatic carbocycles. The molecular formula is C5H5F3N4O. The number of nitrogens with two attached hydrogens (primary N) is 1. The number of aromatic nitrogens is 2. The predicted molar refractivity (Wildman–Crippen MR) is 36.0 cm³/mol. The maximum absolute atomic E-state index is 11.9. The summed E-state index contributed by atoms with van der Waals surface area (Å²) in [5, 5.41) is 13.6. The van der Waals surface area contributed by atoms with Crippen molar-refractivity contribution in [2.24, 2.45) is 10.9 Å². The van der Waals surface area contributed by atoms with Gasteiger partial charge in [-0.2, -0.15) is 9.78 Å². The second-order valence-electron chi connectivity index (χ2n) is 2.13. The smallest absolute Gasteiger partial charge is 0.409 e. The largest absolute Gasteiger partial charge is 0.504 e. The van der Waals surface area contributed by atoms with Gasteiger partial charge >= 0.3 is 6.30 Å². The fourth-order valence-corrected chi connectivity index (χ4v) is 0.651. The molecule has 0 fully saturated rings. The van der Waals surface area contributed by atoms with Crippen LogP contribution in [0.3, 0.4) is 0 Å². The number of alkyl halides is 3. The van der Waals surface area contributed by atoms with E-state index in [4.69, 9.17) is 10.9 Å². The lowest BCUT2D eigenvalue weighted by Crippen LogP contribution is -2.17. The van der Waals surface area contributed by atoms with Gasteiger partial charge in [-0.3, -0.25) is 0 Å². The Bertz CT molecular complexity index is 329. The van der Waals surface area contributed by atoms with Gasteiger partial charge in [0, 0.05) is 6.20 Å². The van der Waals surface area contributed by atoms with Crippen LogP contribution in [0.5, 0.6) is 0 Å². The minimum Gasteiger partial charge on any atom is -0.409 e. The monoisotopic (exact) mass is 194 g/mol. The lowest BCUT2D eigenvalue weighted by molar-refractivity contribution is -0.212. The van der Waals surface area contributed by atoms with Crippen LogP contribution in [0.4, 0.5) is 13.2 Å². The first-order valence-corrected chi connectivity index (χ1v) is 3.05. The van der Waals surface area contributed by atoms with Gasteiger partial charge in [0.15, 0.2) is 5.84 Å². The van der Waals surface area contributed by atoms with Crippen molar-refractivity contribution in [3.05, 3.63) is 18.0 Å². The van der Waals surface area contributed by atoms with Gasteiger partial charge in [-0.25, -0.2) is 0 Å². The van der Waals surface area contributed by atoms with Gasteiger partial charge in [0.2, 0.25) is 0 Å². The quantitative estimate of drug-likeness (QED) is 0.295. The molecule has 3 N–H and O–H groups in total. The third-order valence-electron chi connectivity index (χ3n) is 1.25. The second kappa shape index (κ2) is 2.96. The molecule has 8 heteroatoms. The first kappa shape index (κ1) is 9.36. The van der Waals surface area contributed by atoms with Crippen LogP contribution in [-0.2, 0) is 6.30 Å². The molecule has 5 nitrogen and oxygen atoms in total. The van der Waals surface area contributed by atoms with Crippen LogP contribution in [0.25, 0.3) is 0 Å². The van der Waals surface area contributed by atoms with Gasteiger partial charge in [-0.15, -0.1) is 13.2 Å². The van der Waals surface area contributed by atoms with Gasteiger partial charge in [-0.05, 0) is 0 Å². The number of hydrogen-bond donors (Lipinski definition) is 2. The summed E-state index contributed by atoms with van der Waals surface area (Å²) in [5.74, 6) is -0.421. The number of hydrogen-bond acceptors (Lipinski definition) is 3. The van der Waals surface area contributed by atoms with Crippen molar-refractivity contribution in [2.75, 3.05) is 0 Å². The number of oxime groups is 1. The minimum absolute atomic E-state index is 0.0974. The molecule has 1 heterocycles. The average molecular weight is 194 g/mol. The average Bonchev–Trinajstić information content (AvgIpc) is 2.50. The lowest BCUT2D eigenvalue weighted by Gasteiger charge is -2.03. The Kier molecular flexibility index (Phi) is 2.13. The molecule has 0 unspecified atom stereocenters. The van der Waals surface area contributed by atoms with Gasteiger partial charge in [0.1, 0.15) is 0 Å². The first-order valence-electron chi connectivity index (χ1n) is 3.05. The fraction of sp³-hybridized carbons (Fsp3) is 0.200. The molecule has 0 amide bonds. The van der Waals surface area contributed by atoms with Crippen LogP contribution in [0, 0.1) is 0 Å². The molecule has 0 aliphatic heterocycles. The van der Waals surface area contributed by atoms with Gasteiger partial charge in [0.05, 0.1) is 11.8 Å². The van der Waals surface area contributed by atoms with E-state index < -0.39 is 12.1 Å². The molecule has 0 atom stereocenters. The predicted octanol–water partition coefficient (Wildman–Crippen LogP) is 0.454. The molecule has 0 radical (unpaired) electrons. The summed E-state index contributed by atoms with van der Waals surface area (Å²) in [6, 6.07) is 0. The molecule has 72 valence electrons. The van der Waals surface area contributed by atoms with Gasteiger partial charge < -0.3 is 10.9 Å². The highest BCUT2D eigenvalue weighted by molar-refractivity contribution is 5.96. The number of halogens is 3. The summed E-state index contributed by atoms with van der Waals surface area (Å²) in [6.07, 6.45) is -3.12. The molecule has 1 aromatic heterocycles. The molecule has 1 aromatic rings. The normalized spacial score (nSPS) is 13.3. The number of amidine groups is 1. The van der Waals surface area contributed by atoms with Crippen molar-refractivity contribution in [3.63, 3.8) is 0 Å². The zero-order chi connectivity index (χ0) is 10.1. The second-order valence-corrected chi connectivity index (χ2v) is 2.13. The highest BCUT2D eigenvalue weighted by Crippen LogP contribution is 2.20. The summed E-state index contributed by atoms with van der Waals surface area (Å²) in [7, 11) is 0. The topological polar surface area (TPSA) is 76.4 Å². The van der Waals surface area contributed by atoms with Crippen LogP contribution in [0.1, 0.15) is 5.56 Å². The van der Waals surface area contributed by atoms with E-state index in [0.717, 1.165) is 6.20 Å². The molecule has 0 saturated heterocycles. The van der Waals surface area contributed by atoms with E-state index in [0.29, 0.717) is 6.20 Å². The molecule has 0 spiro atoms. The first-order chi connectivity index (χ1) is 5.95. The zero-order valence-corrected chi connectivity index (χ0v) is 6.15. The summed E-state index contributed by atoms with van der Waals surface area (Å²) >= 11 is 0. The lowest BCUT2D eigenvalue weighted by atomic mass is 10.3. The van der Waals surface area contributed by atoms with Gasteiger partial charge in [0.25, 0.3) is 0 Å². The Morgan fingerprint density at radius 3 is 2.62 bits per heavy atom. The Hall–Kier alpha value is -1.73. The SMILES string of the molecule is N/C(=N/O)c1cnn(C(F)(F)F)c1. The van der Waals surface area contributed by atoms with E-state index in [-0.39, 0.29) is 10.2 Å². The molecular weight excluding hydrogens is 189 g/mol.